The molecular weight excluding hydrogens is 234 g/mol. The second-order valence-corrected chi connectivity index (χ2v) is 5.00. The fourth-order valence-corrected chi connectivity index (χ4v) is 2.28. The molecule has 0 fully saturated rings. The van der Waals surface area contributed by atoms with E-state index in [0.717, 1.165) is 25.2 Å². The zero-order valence-electron chi connectivity index (χ0n) is 11.2. The van der Waals surface area contributed by atoms with Gasteiger partial charge in [0.1, 0.15) is 5.82 Å². The zero-order chi connectivity index (χ0) is 12.7. The maximum absolute atomic E-state index is 6.11. The van der Waals surface area contributed by atoms with Gasteiger partial charge in [0.2, 0.25) is 5.28 Å². The van der Waals surface area contributed by atoms with E-state index in [9.17, 15) is 0 Å². The average molecular weight is 258 g/mol. The van der Waals surface area contributed by atoms with E-state index in [-0.39, 0.29) is 0 Å². The van der Waals surface area contributed by atoms with E-state index in [1.54, 1.807) is 0 Å². The van der Waals surface area contributed by atoms with Gasteiger partial charge in [0.25, 0.3) is 0 Å². The molecule has 0 aliphatic carbocycles. The number of nitrogens with zero attached hydrogens (tertiary/aromatic N) is 3. The average Bonchev–Trinajstić information content (AvgIpc) is 2.67. The lowest BCUT2D eigenvalue weighted by Crippen LogP contribution is -2.13. The number of halogens is 1. The SMILES string of the molecule is CCCCC(CC)Cn1c(Cl)nnc1CCC. The minimum absolute atomic E-state index is 0.545. The fourth-order valence-electron chi connectivity index (χ4n) is 2.08. The first-order valence-corrected chi connectivity index (χ1v) is 7.18. The Hall–Kier alpha value is -0.570. The molecule has 0 aliphatic heterocycles. The van der Waals surface area contributed by atoms with Gasteiger partial charge < -0.3 is 4.57 Å². The van der Waals surface area contributed by atoms with Crippen molar-refractivity contribution in [1.82, 2.24) is 14.8 Å². The van der Waals surface area contributed by atoms with Crippen molar-refractivity contribution in [2.45, 2.75) is 65.8 Å². The minimum Gasteiger partial charge on any atom is -0.301 e. The number of aromatic nitrogens is 3. The van der Waals surface area contributed by atoms with Gasteiger partial charge in [0, 0.05) is 13.0 Å². The molecule has 0 amide bonds. The van der Waals surface area contributed by atoms with E-state index >= 15 is 0 Å². The van der Waals surface area contributed by atoms with Gasteiger partial charge in [-0.25, -0.2) is 0 Å². The van der Waals surface area contributed by atoms with Crippen LogP contribution >= 0.6 is 11.6 Å². The topological polar surface area (TPSA) is 30.7 Å². The standard InChI is InChI=1S/C13H24ClN3/c1-4-7-9-11(6-3)10-17-12(8-5-2)15-16-13(17)14/h11H,4-10H2,1-3H3. The van der Waals surface area contributed by atoms with Crippen LogP contribution in [-0.2, 0) is 13.0 Å². The molecule has 98 valence electrons. The molecule has 0 bridgehead atoms. The molecule has 1 unspecified atom stereocenters. The molecule has 3 nitrogen and oxygen atoms in total. The first-order chi connectivity index (χ1) is 8.22. The monoisotopic (exact) mass is 257 g/mol. The van der Waals surface area contributed by atoms with Gasteiger partial charge >= 0.3 is 0 Å². The molecule has 17 heavy (non-hydrogen) atoms. The van der Waals surface area contributed by atoms with Gasteiger partial charge in [-0.3, -0.25) is 0 Å². The van der Waals surface area contributed by atoms with Crippen LogP contribution in [-0.4, -0.2) is 14.8 Å². The number of aryl methyl sites for hydroxylation is 1. The van der Waals surface area contributed by atoms with E-state index in [4.69, 9.17) is 11.6 Å². The molecule has 0 radical (unpaired) electrons. The van der Waals surface area contributed by atoms with Gasteiger partial charge in [0.15, 0.2) is 0 Å². The summed E-state index contributed by atoms with van der Waals surface area (Å²) in [5, 5.41) is 8.68. The summed E-state index contributed by atoms with van der Waals surface area (Å²) in [5.74, 6) is 1.73. The molecule has 0 N–H and O–H groups in total. The van der Waals surface area contributed by atoms with Gasteiger partial charge in [-0.15, -0.1) is 10.2 Å². The van der Waals surface area contributed by atoms with Crippen LogP contribution in [0.5, 0.6) is 0 Å². The molecule has 1 heterocycles. The lowest BCUT2D eigenvalue weighted by Gasteiger charge is -2.16. The highest BCUT2D eigenvalue weighted by molar-refractivity contribution is 6.28. The molecule has 0 aliphatic rings. The molecule has 1 aromatic heterocycles. The highest BCUT2D eigenvalue weighted by Gasteiger charge is 2.14. The quantitative estimate of drug-likeness (QED) is 0.702. The predicted octanol–water partition coefficient (Wildman–Crippen LogP) is 4.10. The van der Waals surface area contributed by atoms with E-state index in [1.165, 1.54) is 25.7 Å². The zero-order valence-corrected chi connectivity index (χ0v) is 12.0. The first kappa shape index (κ1) is 14.5. The Labute approximate surface area is 110 Å². The Balaban J connectivity index is 2.66. The molecular formula is C13H24ClN3. The summed E-state index contributed by atoms with van der Waals surface area (Å²) in [6.45, 7) is 7.61. The third-order valence-electron chi connectivity index (χ3n) is 3.24. The largest absolute Gasteiger partial charge is 0.301 e. The van der Waals surface area contributed by atoms with Crippen molar-refractivity contribution in [3.8, 4) is 0 Å². The number of hydrogen-bond donors (Lipinski definition) is 0. The van der Waals surface area contributed by atoms with Crippen LogP contribution in [0.4, 0.5) is 0 Å². The van der Waals surface area contributed by atoms with E-state index in [0.29, 0.717) is 11.2 Å². The van der Waals surface area contributed by atoms with Crippen molar-refractivity contribution >= 4 is 11.6 Å². The summed E-state index contributed by atoms with van der Waals surface area (Å²) in [7, 11) is 0. The highest BCUT2D eigenvalue weighted by Crippen LogP contribution is 2.19. The Morgan fingerprint density at radius 3 is 2.53 bits per heavy atom. The highest BCUT2D eigenvalue weighted by atomic mass is 35.5. The van der Waals surface area contributed by atoms with Crippen molar-refractivity contribution < 1.29 is 0 Å². The second-order valence-electron chi connectivity index (χ2n) is 4.66. The molecule has 0 aromatic carbocycles. The number of hydrogen-bond acceptors (Lipinski definition) is 2. The van der Waals surface area contributed by atoms with E-state index in [2.05, 4.69) is 35.5 Å². The van der Waals surface area contributed by atoms with Crippen LogP contribution in [0, 0.1) is 5.92 Å². The van der Waals surface area contributed by atoms with Crippen LogP contribution < -0.4 is 0 Å². The molecule has 0 saturated carbocycles. The van der Waals surface area contributed by atoms with Gasteiger partial charge in [0.05, 0.1) is 0 Å². The van der Waals surface area contributed by atoms with Gasteiger partial charge in [-0.05, 0) is 30.4 Å². The predicted molar refractivity (Wildman–Crippen MR) is 72.3 cm³/mol. The normalized spacial score (nSPS) is 12.9. The Morgan fingerprint density at radius 1 is 1.18 bits per heavy atom. The van der Waals surface area contributed by atoms with Crippen LogP contribution in [0.3, 0.4) is 0 Å². The van der Waals surface area contributed by atoms with Crippen LogP contribution in [0.2, 0.25) is 5.28 Å². The Bertz CT molecular complexity index is 322. The molecule has 4 heteroatoms. The second kappa shape index (κ2) is 7.70. The summed E-state index contributed by atoms with van der Waals surface area (Å²) >= 11 is 6.11. The van der Waals surface area contributed by atoms with Gasteiger partial charge in [-0.2, -0.15) is 0 Å². The lowest BCUT2D eigenvalue weighted by atomic mass is 9.99. The maximum atomic E-state index is 6.11. The fraction of sp³-hybridized carbons (Fsp3) is 0.846. The van der Waals surface area contributed by atoms with Crippen molar-refractivity contribution in [3.05, 3.63) is 11.1 Å². The first-order valence-electron chi connectivity index (χ1n) is 6.80. The molecule has 1 atom stereocenters. The van der Waals surface area contributed by atoms with Crippen molar-refractivity contribution in [2.75, 3.05) is 0 Å². The summed E-state index contributed by atoms with van der Waals surface area (Å²) in [5.41, 5.74) is 0. The third-order valence-corrected chi connectivity index (χ3v) is 3.52. The van der Waals surface area contributed by atoms with E-state index in [1.807, 2.05) is 0 Å². The summed E-state index contributed by atoms with van der Waals surface area (Å²) in [6, 6.07) is 0. The molecule has 0 saturated heterocycles. The molecule has 1 rings (SSSR count). The number of unbranched alkanes of at least 4 members (excludes halogenated alkanes) is 1. The van der Waals surface area contributed by atoms with E-state index < -0.39 is 0 Å². The van der Waals surface area contributed by atoms with Crippen molar-refractivity contribution in [3.63, 3.8) is 0 Å². The molecule has 0 spiro atoms. The van der Waals surface area contributed by atoms with Crippen molar-refractivity contribution in [1.29, 1.82) is 0 Å². The molecule has 1 aromatic rings. The third kappa shape index (κ3) is 4.30. The number of rotatable bonds is 8. The smallest absolute Gasteiger partial charge is 0.225 e. The lowest BCUT2D eigenvalue weighted by molar-refractivity contribution is 0.384. The Kier molecular flexibility index (Phi) is 6.56. The Morgan fingerprint density at radius 2 is 1.94 bits per heavy atom. The van der Waals surface area contributed by atoms with Crippen LogP contribution in [0.25, 0.3) is 0 Å². The summed E-state index contributed by atoms with van der Waals surface area (Å²) in [6.07, 6.45) is 7.06. The van der Waals surface area contributed by atoms with Crippen LogP contribution in [0.15, 0.2) is 0 Å². The van der Waals surface area contributed by atoms with Crippen LogP contribution in [0.1, 0.15) is 58.7 Å². The minimum atomic E-state index is 0.545. The summed E-state index contributed by atoms with van der Waals surface area (Å²) < 4.78 is 2.09. The summed E-state index contributed by atoms with van der Waals surface area (Å²) in [4.78, 5) is 0. The maximum Gasteiger partial charge on any atom is 0.225 e. The van der Waals surface area contributed by atoms with Crippen molar-refractivity contribution in [2.24, 2.45) is 5.92 Å². The van der Waals surface area contributed by atoms with Gasteiger partial charge in [-0.1, -0.05) is 40.0 Å².